The van der Waals surface area contributed by atoms with Gasteiger partial charge in [0.05, 0.1) is 12.2 Å². The van der Waals surface area contributed by atoms with Crippen LogP contribution in [0.4, 0.5) is 0 Å². The molecule has 2 aliphatic heterocycles. The van der Waals surface area contributed by atoms with E-state index in [4.69, 9.17) is 15.3 Å². The van der Waals surface area contributed by atoms with Crippen LogP contribution in [0.25, 0.3) is 0 Å². The quantitative estimate of drug-likeness (QED) is 0.276. The number of hydrogen-bond donors (Lipinski definition) is 4. The van der Waals surface area contributed by atoms with Gasteiger partial charge in [-0.2, -0.15) is 0 Å². The van der Waals surface area contributed by atoms with Crippen LogP contribution >= 0.6 is 0 Å². The number of rotatable bonds is 4. The highest BCUT2D eigenvalue weighted by Crippen LogP contribution is 2.22. The van der Waals surface area contributed by atoms with Crippen molar-refractivity contribution in [3.8, 4) is 0 Å². The predicted molar refractivity (Wildman–Crippen MR) is 74.7 cm³/mol. The van der Waals surface area contributed by atoms with Crippen LogP contribution < -0.4 is 0 Å². The lowest BCUT2D eigenvalue weighted by Crippen LogP contribution is -2.32. The molecule has 0 radical (unpaired) electrons. The second kappa shape index (κ2) is 7.88. The number of ether oxygens (including phenoxy) is 2. The second-order valence-electron chi connectivity index (χ2n) is 5.03. The Balaban J connectivity index is 0.000000240. The van der Waals surface area contributed by atoms with Gasteiger partial charge in [0.15, 0.2) is 18.0 Å². The van der Waals surface area contributed by atoms with Crippen LogP contribution in [0.15, 0.2) is 11.5 Å². The van der Waals surface area contributed by atoms with E-state index in [-0.39, 0.29) is 6.42 Å². The van der Waals surface area contributed by atoms with Gasteiger partial charge in [-0.15, -0.1) is 0 Å². The van der Waals surface area contributed by atoms with Crippen molar-refractivity contribution in [1.29, 1.82) is 0 Å². The molecule has 10 heteroatoms. The molecule has 2 heterocycles. The summed E-state index contributed by atoms with van der Waals surface area (Å²) in [6, 6.07) is 0. The maximum atomic E-state index is 10.9. The van der Waals surface area contributed by atoms with E-state index in [0.29, 0.717) is 6.42 Å². The van der Waals surface area contributed by atoms with Gasteiger partial charge in [-0.25, -0.2) is 9.59 Å². The van der Waals surface area contributed by atoms with Crippen LogP contribution in [0.1, 0.15) is 26.7 Å². The minimum atomic E-state index is -1.28. The molecule has 2 aliphatic rings. The summed E-state index contributed by atoms with van der Waals surface area (Å²) >= 11 is 0. The molecule has 0 bridgehead atoms. The summed E-state index contributed by atoms with van der Waals surface area (Å²) in [5.41, 5.74) is 0. The normalized spacial score (nSPS) is 25.8. The zero-order valence-electron chi connectivity index (χ0n) is 13.0. The first-order valence-electron chi connectivity index (χ1n) is 7.13. The van der Waals surface area contributed by atoms with Crippen LogP contribution in [0, 0.1) is 0 Å². The minimum absolute atomic E-state index is 0.261. The molecule has 2 rings (SSSR count). The number of carbonyl (C=O) groups is 4. The van der Waals surface area contributed by atoms with Gasteiger partial charge in [0.25, 0.3) is 5.78 Å². The molecule has 4 atom stereocenters. The lowest BCUT2D eigenvalue weighted by atomic mass is 10.1. The summed E-state index contributed by atoms with van der Waals surface area (Å²) in [7, 11) is 0. The Hall–Kier alpha value is -2.46. The first-order chi connectivity index (χ1) is 11.1. The Bertz CT molecular complexity index is 568. The molecule has 1 fully saturated rings. The number of hydrogen-bond acceptors (Lipinski definition) is 10. The molecule has 0 unspecified atom stereocenters. The van der Waals surface area contributed by atoms with E-state index in [2.05, 4.69) is 9.47 Å². The van der Waals surface area contributed by atoms with Gasteiger partial charge in [0.1, 0.15) is 0 Å². The van der Waals surface area contributed by atoms with E-state index in [9.17, 15) is 24.3 Å². The minimum Gasteiger partial charge on any atom is -0.505 e. The van der Waals surface area contributed by atoms with Gasteiger partial charge in [0.2, 0.25) is 5.76 Å². The molecule has 0 spiro atoms. The van der Waals surface area contributed by atoms with Crippen LogP contribution in [-0.4, -0.2) is 68.3 Å². The van der Waals surface area contributed by atoms with Crippen molar-refractivity contribution in [2.75, 3.05) is 0 Å². The average molecular weight is 348 g/mol. The first-order valence-corrected chi connectivity index (χ1v) is 7.13. The van der Waals surface area contributed by atoms with Crippen molar-refractivity contribution in [2.45, 2.75) is 51.1 Å². The number of aliphatic hydroxyl groups is 4. The third-order valence-electron chi connectivity index (χ3n) is 3.38. The molecular weight excluding hydrogens is 330 g/mol. The number of aliphatic hydroxyl groups excluding tert-OH is 4. The van der Waals surface area contributed by atoms with E-state index in [0.717, 1.165) is 0 Å². The van der Waals surface area contributed by atoms with Crippen molar-refractivity contribution in [1.82, 2.24) is 0 Å². The summed E-state index contributed by atoms with van der Waals surface area (Å²) in [6.45, 7) is 3.29. The Kier molecular flexibility index (Phi) is 6.43. The Morgan fingerprint density at radius 3 is 1.67 bits per heavy atom. The lowest BCUT2D eigenvalue weighted by Gasteiger charge is -2.14. The molecule has 0 saturated carbocycles. The Morgan fingerprint density at radius 2 is 1.33 bits per heavy atom. The van der Waals surface area contributed by atoms with E-state index in [1.165, 1.54) is 0 Å². The fourth-order valence-corrected chi connectivity index (χ4v) is 1.86. The van der Waals surface area contributed by atoms with Crippen LogP contribution in [-0.2, 0) is 28.7 Å². The SMILES string of the molecule is CC[C@H](O)[C@H]1O[13C](=O)C(=O)C1=O.CC[C@H](O)[C@H]1O[13C](=O)C(O)=C1O. The summed E-state index contributed by atoms with van der Waals surface area (Å²) in [4.78, 5) is 42.6. The van der Waals surface area contributed by atoms with E-state index in [1.54, 1.807) is 13.8 Å². The molecule has 24 heavy (non-hydrogen) atoms. The molecule has 4 N–H and O–H groups in total. The van der Waals surface area contributed by atoms with Crippen molar-refractivity contribution < 1.29 is 49.1 Å². The second-order valence-corrected chi connectivity index (χ2v) is 5.03. The zero-order chi connectivity index (χ0) is 18.6. The maximum Gasteiger partial charge on any atom is 0.383 e. The van der Waals surface area contributed by atoms with Gasteiger partial charge in [0, 0.05) is 0 Å². The fraction of sp³-hybridized carbons (Fsp3) is 0.571. The third-order valence-corrected chi connectivity index (χ3v) is 3.38. The summed E-state index contributed by atoms with van der Waals surface area (Å²) in [5, 5.41) is 36.2. The highest BCUT2D eigenvalue weighted by molar-refractivity contribution is 6.65. The summed E-state index contributed by atoms with van der Waals surface area (Å²) < 4.78 is 8.83. The Morgan fingerprint density at radius 1 is 0.875 bits per heavy atom. The number of Topliss-reactive ketones (excluding diaryl/α,β-unsaturated/α-hetero) is 2. The van der Waals surface area contributed by atoms with Crippen LogP contribution in [0.5, 0.6) is 0 Å². The fourth-order valence-electron chi connectivity index (χ4n) is 1.86. The Labute approximate surface area is 136 Å². The van der Waals surface area contributed by atoms with Gasteiger partial charge < -0.3 is 29.9 Å². The van der Waals surface area contributed by atoms with E-state index >= 15 is 0 Å². The zero-order valence-corrected chi connectivity index (χ0v) is 13.0. The first kappa shape index (κ1) is 19.6. The van der Waals surface area contributed by atoms with Gasteiger partial charge >= 0.3 is 17.7 Å². The summed E-state index contributed by atoms with van der Waals surface area (Å²) in [5.74, 6) is -5.69. The van der Waals surface area contributed by atoms with Crippen molar-refractivity contribution in [2.24, 2.45) is 0 Å². The van der Waals surface area contributed by atoms with Gasteiger partial charge in [-0.3, -0.25) is 9.59 Å². The molecule has 0 amide bonds. The van der Waals surface area contributed by atoms with Gasteiger partial charge in [-0.1, -0.05) is 13.8 Å². The van der Waals surface area contributed by atoms with Crippen LogP contribution in [0.3, 0.4) is 0 Å². The molecular formula is C14H18O10. The largest absolute Gasteiger partial charge is 0.505 e. The third kappa shape index (κ3) is 3.89. The molecule has 1 saturated heterocycles. The molecule has 10 nitrogen and oxygen atoms in total. The lowest BCUT2D eigenvalue weighted by molar-refractivity contribution is -0.151. The topological polar surface area (TPSA) is 168 Å². The molecule has 0 aliphatic carbocycles. The monoisotopic (exact) mass is 348 g/mol. The standard InChI is InChI=1S/C7H10O5.C7H8O5/c2*1-2-3(8)6-4(9)5(10)7(11)12-6/h3,6,8-10H,2H2,1H3;3,6,8H,2H2,1H3/t2*3-,6+/m00/s1/i2*7+1. The molecule has 134 valence electrons. The molecule has 0 aromatic rings. The number of cyclic esters (lactones) is 2. The van der Waals surface area contributed by atoms with Crippen molar-refractivity contribution >= 4 is 23.5 Å². The predicted octanol–water partition coefficient (Wildman–Crippen LogP) is -1.17. The molecule has 0 aromatic carbocycles. The number of esters is 2. The van der Waals surface area contributed by atoms with E-state index in [1.807, 2.05) is 0 Å². The number of ketones is 2. The summed E-state index contributed by atoms with van der Waals surface area (Å²) in [6.07, 6.45) is -3.85. The average Bonchev–Trinajstić information content (AvgIpc) is 2.98. The van der Waals surface area contributed by atoms with Crippen LogP contribution in [0.2, 0.25) is 0 Å². The number of carbonyl (C=O) groups excluding carboxylic acids is 4. The van der Waals surface area contributed by atoms with Crippen molar-refractivity contribution in [3.05, 3.63) is 11.5 Å². The molecule has 0 aromatic heterocycles. The smallest absolute Gasteiger partial charge is 0.383 e. The highest BCUT2D eigenvalue weighted by Gasteiger charge is 2.45. The van der Waals surface area contributed by atoms with E-state index < -0.39 is 59.4 Å². The highest BCUT2D eigenvalue weighted by atomic mass is 16.7. The van der Waals surface area contributed by atoms with Crippen molar-refractivity contribution in [3.63, 3.8) is 0 Å². The maximum absolute atomic E-state index is 10.9. The van der Waals surface area contributed by atoms with Gasteiger partial charge in [-0.05, 0) is 12.8 Å².